The molecule has 2 aromatic rings. The minimum Gasteiger partial charge on any atom is -0.381 e. The average Bonchev–Trinajstić information content (AvgIpc) is 2.99. The van der Waals surface area contributed by atoms with Crippen LogP contribution in [0.25, 0.3) is 0 Å². The molecule has 156 valence electrons. The maximum atomic E-state index is 12.8. The molecule has 1 heterocycles. The van der Waals surface area contributed by atoms with Crippen LogP contribution in [0.4, 0.5) is 17.1 Å². The van der Waals surface area contributed by atoms with Crippen LogP contribution in [0, 0.1) is 6.92 Å². The number of nitrogens with one attached hydrogen (secondary N) is 2. The number of amides is 1. The number of anilines is 3. The van der Waals surface area contributed by atoms with E-state index in [1.54, 1.807) is 6.20 Å². The van der Waals surface area contributed by atoms with Gasteiger partial charge < -0.3 is 15.5 Å². The maximum Gasteiger partial charge on any atom is 0.257 e. The first kappa shape index (κ1) is 21.2. The van der Waals surface area contributed by atoms with E-state index in [-0.39, 0.29) is 5.91 Å². The number of carbonyl (C=O) groups is 1. The Balaban J connectivity index is 1.67. The van der Waals surface area contributed by atoms with E-state index in [0.29, 0.717) is 11.6 Å². The maximum absolute atomic E-state index is 12.8. The molecule has 3 rings (SSSR count). The standard InChI is InChI=1S/C24H34N4O/c1-4-28(5-2)22-12-13-23(18(3)14-22)27-24(29)19-15-21(17-25-16-19)26-20-10-8-6-7-9-11-20/h12-17,20,26H,4-11H2,1-3H3,(H,27,29). The fourth-order valence-corrected chi connectivity index (χ4v) is 4.07. The Kier molecular flexibility index (Phi) is 7.50. The summed E-state index contributed by atoms with van der Waals surface area (Å²) >= 11 is 0. The van der Waals surface area contributed by atoms with Crippen molar-refractivity contribution in [2.45, 2.75) is 65.3 Å². The molecule has 1 aliphatic rings. The first-order valence-corrected chi connectivity index (χ1v) is 11.0. The van der Waals surface area contributed by atoms with Crippen LogP contribution in [0.2, 0.25) is 0 Å². The predicted octanol–water partition coefficient (Wildman–Crippen LogP) is 5.62. The van der Waals surface area contributed by atoms with Crippen LogP contribution >= 0.6 is 0 Å². The number of aryl methyl sites for hydroxylation is 1. The Morgan fingerprint density at radius 2 is 1.79 bits per heavy atom. The van der Waals surface area contributed by atoms with E-state index in [1.165, 1.54) is 44.2 Å². The van der Waals surface area contributed by atoms with Gasteiger partial charge in [-0.2, -0.15) is 0 Å². The number of rotatable bonds is 7. The quantitative estimate of drug-likeness (QED) is 0.598. The van der Waals surface area contributed by atoms with Crippen LogP contribution in [-0.4, -0.2) is 30.0 Å². The highest BCUT2D eigenvalue weighted by molar-refractivity contribution is 6.05. The summed E-state index contributed by atoms with van der Waals surface area (Å²) in [4.78, 5) is 19.4. The minimum atomic E-state index is -0.124. The number of nitrogens with zero attached hydrogens (tertiary/aromatic N) is 2. The van der Waals surface area contributed by atoms with Gasteiger partial charge in [0.05, 0.1) is 11.3 Å². The van der Waals surface area contributed by atoms with E-state index in [1.807, 2.05) is 25.3 Å². The highest BCUT2D eigenvalue weighted by Gasteiger charge is 2.14. The molecule has 0 saturated heterocycles. The van der Waals surface area contributed by atoms with Gasteiger partial charge in [-0.25, -0.2) is 0 Å². The molecule has 0 atom stereocenters. The van der Waals surface area contributed by atoms with Crippen LogP contribution in [0.15, 0.2) is 36.7 Å². The molecule has 1 aliphatic carbocycles. The van der Waals surface area contributed by atoms with E-state index in [2.05, 4.69) is 46.5 Å². The number of benzene rings is 1. The topological polar surface area (TPSA) is 57.3 Å². The largest absolute Gasteiger partial charge is 0.381 e. The van der Waals surface area contributed by atoms with E-state index in [4.69, 9.17) is 0 Å². The second kappa shape index (κ2) is 10.3. The number of carbonyl (C=O) groups excluding carboxylic acids is 1. The molecule has 2 N–H and O–H groups in total. The third kappa shape index (κ3) is 5.72. The first-order valence-electron chi connectivity index (χ1n) is 11.0. The lowest BCUT2D eigenvalue weighted by Gasteiger charge is -2.22. The lowest BCUT2D eigenvalue weighted by Crippen LogP contribution is -2.22. The Bertz CT molecular complexity index is 808. The zero-order chi connectivity index (χ0) is 20.6. The van der Waals surface area contributed by atoms with Crippen LogP contribution in [0.3, 0.4) is 0 Å². The molecule has 5 nitrogen and oxygen atoms in total. The summed E-state index contributed by atoms with van der Waals surface area (Å²) in [6, 6.07) is 8.57. The molecule has 1 saturated carbocycles. The Morgan fingerprint density at radius 1 is 1.07 bits per heavy atom. The number of hydrogen-bond acceptors (Lipinski definition) is 4. The second-order valence-electron chi connectivity index (χ2n) is 7.92. The molecular weight excluding hydrogens is 360 g/mol. The van der Waals surface area contributed by atoms with Crippen molar-refractivity contribution < 1.29 is 4.79 Å². The van der Waals surface area contributed by atoms with Crippen LogP contribution in [0.5, 0.6) is 0 Å². The number of aromatic nitrogens is 1. The summed E-state index contributed by atoms with van der Waals surface area (Å²) in [5, 5.41) is 6.62. The molecule has 0 radical (unpaired) electrons. The molecule has 1 amide bonds. The summed E-state index contributed by atoms with van der Waals surface area (Å²) in [6.07, 6.45) is 11.0. The van der Waals surface area contributed by atoms with Crippen molar-refractivity contribution in [2.24, 2.45) is 0 Å². The van der Waals surface area contributed by atoms with Gasteiger partial charge in [0.25, 0.3) is 5.91 Å². The fourth-order valence-electron chi connectivity index (χ4n) is 4.07. The SMILES string of the molecule is CCN(CC)c1ccc(NC(=O)c2cncc(NC3CCCCCC3)c2)c(C)c1. The molecule has 0 bridgehead atoms. The van der Waals surface area contributed by atoms with Crippen LogP contribution in [0.1, 0.15) is 68.3 Å². The van der Waals surface area contributed by atoms with Crippen LogP contribution in [-0.2, 0) is 0 Å². The summed E-state index contributed by atoms with van der Waals surface area (Å²) in [5.74, 6) is -0.124. The van der Waals surface area contributed by atoms with Crippen molar-refractivity contribution in [3.05, 3.63) is 47.8 Å². The molecule has 29 heavy (non-hydrogen) atoms. The Hall–Kier alpha value is -2.56. The lowest BCUT2D eigenvalue weighted by atomic mass is 10.1. The monoisotopic (exact) mass is 394 g/mol. The van der Waals surface area contributed by atoms with Crippen molar-refractivity contribution >= 4 is 23.0 Å². The molecular formula is C24H34N4O. The summed E-state index contributed by atoms with van der Waals surface area (Å²) in [7, 11) is 0. The molecule has 5 heteroatoms. The fraction of sp³-hybridized carbons (Fsp3) is 0.500. The van der Waals surface area contributed by atoms with E-state index in [9.17, 15) is 4.79 Å². The average molecular weight is 395 g/mol. The first-order chi connectivity index (χ1) is 14.1. The van der Waals surface area contributed by atoms with Crippen molar-refractivity contribution in [1.29, 1.82) is 0 Å². The normalized spacial score (nSPS) is 14.9. The van der Waals surface area contributed by atoms with Crippen molar-refractivity contribution in [1.82, 2.24) is 4.98 Å². The third-order valence-corrected chi connectivity index (χ3v) is 5.81. The molecule has 1 aromatic heterocycles. The Morgan fingerprint density at radius 3 is 2.45 bits per heavy atom. The molecule has 1 aromatic carbocycles. The van der Waals surface area contributed by atoms with Gasteiger partial charge >= 0.3 is 0 Å². The van der Waals surface area contributed by atoms with Crippen molar-refractivity contribution in [3.8, 4) is 0 Å². The highest BCUT2D eigenvalue weighted by atomic mass is 16.1. The van der Waals surface area contributed by atoms with E-state index in [0.717, 1.165) is 30.0 Å². The van der Waals surface area contributed by atoms with Crippen molar-refractivity contribution in [2.75, 3.05) is 28.6 Å². The van der Waals surface area contributed by atoms with Gasteiger partial charge in [0.2, 0.25) is 0 Å². The third-order valence-electron chi connectivity index (χ3n) is 5.81. The smallest absolute Gasteiger partial charge is 0.257 e. The number of hydrogen-bond donors (Lipinski definition) is 2. The zero-order valence-corrected chi connectivity index (χ0v) is 18.0. The highest BCUT2D eigenvalue weighted by Crippen LogP contribution is 2.24. The molecule has 0 unspecified atom stereocenters. The second-order valence-corrected chi connectivity index (χ2v) is 7.92. The minimum absolute atomic E-state index is 0.124. The van der Waals surface area contributed by atoms with Gasteiger partial charge in [-0.15, -0.1) is 0 Å². The lowest BCUT2D eigenvalue weighted by molar-refractivity contribution is 0.102. The van der Waals surface area contributed by atoms with Gasteiger partial charge in [-0.3, -0.25) is 9.78 Å². The molecule has 1 fully saturated rings. The molecule has 0 aliphatic heterocycles. The van der Waals surface area contributed by atoms with Crippen molar-refractivity contribution in [3.63, 3.8) is 0 Å². The van der Waals surface area contributed by atoms with Gasteiger partial charge in [-0.1, -0.05) is 25.7 Å². The summed E-state index contributed by atoms with van der Waals surface area (Å²) < 4.78 is 0. The number of pyridine rings is 1. The van der Waals surface area contributed by atoms with Gasteiger partial charge in [0.15, 0.2) is 0 Å². The molecule has 0 spiro atoms. The zero-order valence-electron chi connectivity index (χ0n) is 18.0. The summed E-state index contributed by atoms with van der Waals surface area (Å²) in [6.45, 7) is 8.27. The van der Waals surface area contributed by atoms with Gasteiger partial charge in [0, 0.05) is 42.9 Å². The summed E-state index contributed by atoms with van der Waals surface area (Å²) in [5.41, 5.74) is 4.59. The predicted molar refractivity (Wildman–Crippen MR) is 122 cm³/mol. The van der Waals surface area contributed by atoms with Crippen LogP contribution < -0.4 is 15.5 Å². The van der Waals surface area contributed by atoms with E-state index < -0.39 is 0 Å². The van der Waals surface area contributed by atoms with Gasteiger partial charge in [-0.05, 0) is 63.4 Å². The Labute approximate surface area is 174 Å². The van der Waals surface area contributed by atoms with Gasteiger partial charge in [0.1, 0.15) is 0 Å². The van der Waals surface area contributed by atoms with E-state index >= 15 is 0 Å².